The molecule has 0 atom stereocenters. The lowest BCUT2D eigenvalue weighted by Gasteiger charge is -2.07. The molecule has 8 nitrogen and oxygen atoms in total. The topological polar surface area (TPSA) is 103 Å². The van der Waals surface area contributed by atoms with Gasteiger partial charge in [-0.05, 0) is 12.1 Å². The zero-order chi connectivity index (χ0) is 14.4. The van der Waals surface area contributed by atoms with Gasteiger partial charge in [-0.1, -0.05) is 6.07 Å². The lowest BCUT2D eigenvalue weighted by Crippen LogP contribution is -2.10. The molecule has 0 fully saturated rings. The van der Waals surface area contributed by atoms with Gasteiger partial charge in [0, 0.05) is 24.9 Å². The van der Waals surface area contributed by atoms with Crippen LogP contribution in [0, 0.1) is 10.1 Å². The molecule has 0 unspecified atom stereocenters. The summed E-state index contributed by atoms with van der Waals surface area (Å²) in [7, 11) is 1.33. The van der Waals surface area contributed by atoms with E-state index in [2.05, 4.69) is 20.3 Å². The minimum absolute atomic E-state index is 0.0645. The van der Waals surface area contributed by atoms with Gasteiger partial charge in [0.05, 0.1) is 12.0 Å². The first-order valence-corrected chi connectivity index (χ1v) is 5.89. The van der Waals surface area contributed by atoms with Crippen molar-refractivity contribution < 1.29 is 9.66 Å². The molecule has 0 radical (unpaired) electrons. The average Bonchev–Trinajstić information content (AvgIpc) is 2.47. The van der Waals surface area contributed by atoms with Gasteiger partial charge in [0.2, 0.25) is 5.82 Å². The molecule has 0 aromatic carbocycles. The van der Waals surface area contributed by atoms with Gasteiger partial charge < -0.3 is 10.1 Å². The van der Waals surface area contributed by atoms with E-state index in [0.29, 0.717) is 13.0 Å². The van der Waals surface area contributed by atoms with Crippen molar-refractivity contribution >= 4 is 11.5 Å². The minimum Gasteiger partial charge on any atom is -0.476 e. The Balaban J connectivity index is 2.08. The van der Waals surface area contributed by atoms with E-state index < -0.39 is 4.92 Å². The van der Waals surface area contributed by atoms with Crippen LogP contribution in [0.3, 0.4) is 0 Å². The highest BCUT2D eigenvalue weighted by atomic mass is 16.6. The van der Waals surface area contributed by atoms with Gasteiger partial charge >= 0.3 is 5.69 Å². The first-order chi connectivity index (χ1) is 9.72. The van der Waals surface area contributed by atoms with Gasteiger partial charge in [-0.15, -0.1) is 0 Å². The monoisotopic (exact) mass is 275 g/mol. The van der Waals surface area contributed by atoms with Crippen LogP contribution in [-0.2, 0) is 6.42 Å². The molecule has 1 N–H and O–H groups in total. The summed E-state index contributed by atoms with van der Waals surface area (Å²) in [5.74, 6) is 0.0723. The van der Waals surface area contributed by atoms with E-state index in [0.717, 1.165) is 5.69 Å². The second kappa shape index (κ2) is 6.41. The smallest absolute Gasteiger partial charge is 0.372 e. The largest absolute Gasteiger partial charge is 0.476 e. The molecular formula is C12H13N5O3. The van der Waals surface area contributed by atoms with Gasteiger partial charge in [0.1, 0.15) is 6.33 Å². The van der Waals surface area contributed by atoms with Crippen LogP contribution in [0.15, 0.2) is 30.7 Å². The molecule has 0 aliphatic rings. The van der Waals surface area contributed by atoms with E-state index >= 15 is 0 Å². The first-order valence-electron chi connectivity index (χ1n) is 5.89. The Kier molecular flexibility index (Phi) is 4.38. The van der Waals surface area contributed by atoms with Crippen molar-refractivity contribution in [2.45, 2.75) is 6.42 Å². The van der Waals surface area contributed by atoms with Crippen molar-refractivity contribution in [3.8, 4) is 5.88 Å². The van der Waals surface area contributed by atoms with E-state index in [1.54, 1.807) is 6.20 Å². The molecule has 0 spiro atoms. The number of methoxy groups -OCH3 is 1. The third-order valence-corrected chi connectivity index (χ3v) is 2.56. The number of aromatic nitrogens is 3. The second-order valence-electron chi connectivity index (χ2n) is 3.84. The average molecular weight is 275 g/mol. The third kappa shape index (κ3) is 3.16. The lowest BCUT2D eigenvalue weighted by molar-refractivity contribution is -0.385. The summed E-state index contributed by atoms with van der Waals surface area (Å²) in [6.45, 7) is 0.470. The highest BCUT2D eigenvalue weighted by molar-refractivity contribution is 5.61. The van der Waals surface area contributed by atoms with Crippen LogP contribution in [0.5, 0.6) is 5.88 Å². The normalized spacial score (nSPS) is 10.1. The SMILES string of the molecule is COc1ncnc(NCCc2ccccn2)c1[N+](=O)[O-]. The Morgan fingerprint density at radius 3 is 2.85 bits per heavy atom. The number of nitrogens with one attached hydrogen (secondary N) is 1. The van der Waals surface area contributed by atoms with E-state index in [4.69, 9.17) is 4.74 Å². The molecule has 2 aromatic heterocycles. The second-order valence-corrected chi connectivity index (χ2v) is 3.84. The fourth-order valence-corrected chi connectivity index (χ4v) is 1.66. The van der Waals surface area contributed by atoms with Gasteiger partial charge in [-0.25, -0.2) is 4.98 Å². The first kappa shape index (κ1) is 13.7. The fourth-order valence-electron chi connectivity index (χ4n) is 1.66. The van der Waals surface area contributed by atoms with Crippen molar-refractivity contribution in [1.29, 1.82) is 0 Å². The summed E-state index contributed by atoms with van der Waals surface area (Å²) in [6.07, 6.45) is 3.55. The number of rotatable bonds is 6. The standard InChI is InChI=1S/C12H13N5O3/c1-20-12-10(17(18)19)11(15-8-16-12)14-7-5-9-4-2-3-6-13-9/h2-4,6,8H,5,7H2,1H3,(H,14,15,16). The predicted molar refractivity (Wildman–Crippen MR) is 71.7 cm³/mol. The maximum Gasteiger partial charge on any atom is 0.372 e. The van der Waals surface area contributed by atoms with E-state index in [9.17, 15) is 10.1 Å². The van der Waals surface area contributed by atoms with Crippen molar-refractivity contribution in [2.24, 2.45) is 0 Å². The summed E-state index contributed by atoms with van der Waals surface area (Å²) in [5, 5.41) is 13.9. The molecule has 8 heteroatoms. The van der Waals surface area contributed by atoms with Gasteiger partial charge in [-0.2, -0.15) is 4.98 Å². The van der Waals surface area contributed by atoms with Crippen molar-refractivity contribution in [2.75, 3.05) is 19.0 Å². The number of ether oxygens (including phenoxy) is 1. The molecule has 2 aromatic rings. The highest BCUT2D eigenvalue weighted by Gasteiger charge is 2.23. The molecule has 104 valence electrons. The number of nitrogens with zero attached hydrogens (tertiary/aromatic N) is 4. The van der Waals surface area contributed by atoms with E-state index in [1.165, 1.54) is 13.4 Å². The Morgan fingerprint density at radius 2 is 2.20 bits per heavy atom. The quantitative estimate of drug-likeness (QED) is 0.628. The van der Waals surface area contributed by atoms with Gasteiger partial charge in [0.15, 0.2) is 0 Å². The van der Waals surface area contributed by atoms with Crippen molar-refractivity contribution in [3.05, 3.63) is 46.5 Å². The maximum atomic E-state index is 11.0. The zero-order valence-corrected chi connectivity index (χ0v) is 10.8. The molecule has 0 saturated carbocycles. The Bertz CT molecular complexity index is 591. The molecule has 0 saturated heterocycles. The van der Waals surface area contributed by atoms with Gasteiger partial charge in [0.25, 0.3) is 5.88 Å². The van der Waals surface area contributed by atoms with Crippen LogP contribution in [0.1, 0.15) is 5.69 Å². The molecule has 20 heavy (non-hydrogen) atoms. The molecule has 0 amide bonds. The molecule has 0 aliphatic heterocycles. The number of hydrogen-bond donors (Lipinski definition) is 1. The summed E-state index contributed by atoms with van der Waals surface area (Å²) < 4.78 is 4.87. The van der Waals surface area contributed by atoms with Crippen LogP contribution < -0.4 is 10.1 Å². The van der Waals surface area contributed by atoms with Crippen LogP contribution in [0.25, 0.3) is 0 Å². The predicted octanol–water partition coefficient (Wildman–Crippen LogP) is 1.44. The van der Waals surface area contributed by atoms with Gasteiger partial charge in [-0.3, -0.25) is 15.1 Å². The number of anilines is 1. The maximum absolute atomic E-state index is 11.0. The number of nitro groups is 1. The van der Waals surface area contributed by atoms with Crippen LogP contribution in [0.4, 0.5) is 11.5 Å². The molecule has 2 heterocycles. The van der Waals surface area contributed by atoms with Crippen LogP contribution in [-0.4, -0.2) is 33.5 Å². The summed E-state index contributed by atoms with van der Waals surface area (Å²) in [4.78, 5) is 22.2. The van der Waals surface area contributed by atoms with Crippen LogP contribution in [0.2, 0.25) is 0 Å². The Morgan fingerprint density at radius 1 is 1.35 bits per heavy atom. The van der Waals surface area contributed by atoms with E-state index in [-0.39, 0.29) is 17.4 Å². The van der Waals surface area contributed by atoms with Crippen molar-refractivity contribution in [3.63, 3.8) is 0 Å². The summed E-state index contributed by atoms with van der Waals surface area (Å²) in [5.41, 5.74) is 0.625. The number of hydrogen-bond acceptors (Lipinski definition) is 7. The lowest BCUT2D eigenvalue weighted by atomic mass is 10.3. The molecule has 2 rings (SSSR count). The van der Waals surface area contributed by atoms with Crippen LogP contribution >= 0.6 is 0 Å². The molecule has 0 bridgehead atoms. The summed E-state index contributed by atoms with van der Waals surface area (Å²) in [6, 6.07) is 5.60. The molecular weight excluding hydrogens is 262 g/mol. The summed E-state index contributed by atoms with van der Waals surface area (Å²) >= 11 is 0. The van der Waals surface area contributed by atoms with E-state index in [1.807, 2.05) is 18.2 Å². The minimum atomic E-state index is -0.568. The zero-order valence-electron chi connectivity index (χ0n) is 10.8. The number of pyridine rings is 1. The fraction of sp³-hybridized carbons (Fsp3) is 0.250. The van der Waals surface area contributed by atoms with Crippen molar-refractivity contribution in [1.82, 2.24) is 15.0 Å². The third-order valence-electron chi connectivity index (χ3n) is 2.56. The Hall–Kier alpha value is -2.77. The molecule has 0 aliphatic carbocycles. The highest BCUT2D eigenvalue weighted by Crippen LogP contribution is 2.30. The Labute approximate surface area is 115 Å².